The van der Waals surface area contributed by atoms with Gasteiger partial charge in [0.1, 0.15) is 35.4 Å². The molecule has 6 nitrogen and oxygen atoms in total. The van der Waals surface area contributed by atoms with Crippen LogP contribution in [0.2, 0.25) is 10.0 Å². The number of halogens is 2. The molecule has 2 aromatic heterocycles. The second-order valence-electron chi connectivity index (χ2n) is 8.57. The van der Waals surface area contributed by atoms with E-state index in [0.717, 1.165) is 53.1 Å². The Hall–Kier alpha value is -2.42. The molecule has 182 valence electrons. The predicted octanol–water partition coefficient (Wildman–Crippen LogP) is 5.66. The number of aliphatic hydroxyl groups excluding tert-OH is 1. The van der Waals surface area contributed by atoms with Crippen LogP contribution in [0.4, 0.5) is 5.82 Å². The van der Waals surface area contributed by atoms with E-state index in [1.54, 1.807) is 35.9 Å². The van der Waals surface area contributed by atoms with E-state index >= 15 is 0 Å². The molecule has 3 heterocycles. The van der Waals surface area contributed by atoms with Crippen molar-refractivity contribution in [1.82, 2.24) is 15.3 Å². The smallest absolute Gasteiger partial charge is 0.141 e. The number of aliphatic hydroxyl groups is 1. The normalized spacial score (nSPS) is 15.3. The first-order valence-electron chi connectivity index (χ1n) is 11.6. The van der Waals surface area contributed by atoms with Crippen molar-refractivity contribution in [3.63, 3.8) is 0 Å². The van der Waals surface area contributed by atoms with Crippen LogP contribution in [0.15, 0.2) is 60.2 Å². The van der Waals surface area contributed by atoms with Gasteiger partial charge in [0.15, 0.2) is 0 Å². The minimum Gasteiger partial charge on any atom is -0.491 e. The van der Waals surface area contributed by atoms with Gasteiger partial charge >= 0.3 is 0 Å². The lowest BCUT2D eigenvalue weighted by Crippen LogP contribution is -2.47. The standard InChI is InChI=1S/C26H26Cl2N4O2S/c27-22-7-6-20(12-23(22)28)34-14-19(33)13-32(18-8-10-29-11-9-18)25-24-21(17-4-2-1-3-5-17)15-35-26(24)31-16-30-25/h1-7,12,15-16,18-19,29,33H,8-11,13-14H2. The Morgan fingerprint density at radius 3 is 2.66 bits per heavy atom. The van der Waals surface area contributed by atoms with E-state index in [1.807, 2.05) is 18.2 Å². The first kappa shape index (κ1) is 24.3. The van der Waals surface area contributed by atoms with E-state index < -0.39 is 6.10 Å². The average Bonchev–Trinajstić information content (AvgIpc) is 3.34. The molecule has 0 saturated carbocycles. The number of benzene rings is 2. The third-order valence-corrected chi connectivity index (χ3v) is 7.82. The van der Waals surface area contributed by atoms with Crippen molar-refractivity contribution in [3.8, 4) is 16.9 Å². The summed E-state index contributed by atoms with van der Waals surface area (Å²) in [5, 5.41) is 18.5. The maximum atomic E-state index is 11.0. The summed E-state index contributed by atoms with van der Waals surface area (Å²) in [6, 6.07) is 15.6. The van der Waals surface area contributed by atoms with E-state index in [4.69, 9.17) is 32.9 Å². The van der Waals surface area contributed by atoms with E-state index in [0.29, 0.717) is 22.3 Å². The van der Waals surface area contributed by atoms with E-state index in [9.17, 15) is 5.11 Å². The van der Waals surface area contributed by atoms with Gasteiger partial charge in [0.25, 0.3) is 0 Å². The molecular formula is C26H26Cl2N4O2S. The molecular weight excluding hydrogens is 503 g/mol. The van der Waals surface area contributed by atoms with Gasteiger partial charge in [-0.05, 0) is 43.6 Å². The van der Waals surface area contributed by atoms with Crippen LogP contribution in [0.25, 0.3) is 21.3 Å². The number of anilines is 1. The highest BCUT2D eigenvalue weighted by atomic mass is 35.5. The molecule has 1 aliphatic heterocycles. The van der Waals surface area contributed by atoms with Gasteiger partial charge in [0.05, 0.1) is 15.4 Å². The van der Waals surface area contributed by atoms with Crippen molar-refractivity contribution in [2.24, 2.45) is 0 Å². The number of thiophene rings is 1. The molecule has 2 aromatic carbocycles. The summed E-state index contributed by atoms with van der Waals surface area (Å²) in [4.78, 5) is 12.5. The van der Waals surface area contributed by atoms with Crippen molar-refractivity contribution in [2.45, 2.75) is 25.0 Å². The fourth-order valence-electron chi connectivity index (χ4n) is 4.47. The van der Waals surface area contributed by atoms with Crippen LogP contribution in [0.5, 0.6) is 5.75 Å². The molecule has 1 aliphatic rings. The molecule has 4 aromatic rings. The van der Waals surface area contributed by atoms with Gasteiger partial charge in [-0.3, -0.25) is 0 Å². The van der Waals surface area contributed by atoms with Gasteiger partial charge in [0, 0.05) is 29.6 Å². The second-order valence-corrected chi connectivity index (χ2v) is 10.2. The summed E-state index contributed by atoms with van der Waals surface area (Å²) in [7, 11) is 0. The predicted molar refractivity (Wildman–Crippen MR) is 144 cm³/mol. The van der Waals surface area contributed by atoms with Crippen LogP contribution in [-0.4, -0.2) is 53.5 Å². The first-order chi connectivity index (χ1) is 17.1. The Balaban J connectivity index is 1.44. The first-order valence-corrected chi connectivity index (χ1v) is 13.2. The molecule has 1 fully saturated rings. The Morgan fingerprint density at radius 1 is 1.09 bits per heavy atom. The number of nitrogens with zero attached hydrogens (tertiary/aromatic N) is 3. The zero-order valence-corrected chi connectivity index (χ0v) is 21.4. The van der Waals surface area contributed by atoms with E-state index in [2.05, 4.69) is 32.7 Å². The number of piperidine rings is 1. The van der Waals surface area contributed by atoms with Crippen molar-refractivity contribution in [1.29, 1.82) is 0 Å². The summed E-state index contributed by atoms with van der Waals surface area (Å²) in [6.45, 7) is 2.38. The van der Waals surface area contributed by atoms with Crippen molar-refractivity contribution in [2.75, 3.05) is 31.1 Å². The summed E-state index contributed by atoms with van der Waals surface area (Å²) < 4.78 is 5.83. The van der Waals surface area contributed by atoms with Gasteiger partial charge in [-0.2, -0.15) is 0 Å². The number of fused-ring (bicyclic) bond motifs is 1. The lowest BCUT2D eigenvalue weighted by Gasteiger charge is -2.37. The Morgan fingerprint density at radius 2 is 1.89 bits per heavy atom. The molecule has 0 spiro atoms. The number of aromatic nitrogens is 2. The van der Waals surface area contributed by atoms with E-state index in [1.165, 1.54) is 0 Å². The SMILES string of the molecule is OC(COc1ccc(Cl)c(Cl)c1)CN(c1ncnc2scc(-c3ccccc3)c12)C1CCNCC1. The van der Waals surface area contributed by atoms with Crippen LogP contribution in [0, 0.1) is 0 Å². The third-order valence-electron chi connectivity index (χ3n) is 6.20. The summed E-state index contributed by atoms with van der Waals surface area (Å²) in [6.07, 6.45) is 2.83. The van der Waals surface area contributed by atoms with Crippen LogP contribution >= 0.6 is 34.5 Å². The number of nitrogens with one attached hydrogen (secondary N) is 1. The number of hydrogen-bond donors (Lipinski definition) is 2. The molecule has 1 saturated heterocycles. The highest BCUT2D eigenvalue weighted by Crippen LogP contribution is 2.39. The average molecular weight is 529 g/mol. The van der Waals surface area contributed by atoms with Crippen molar-refractivity contribution >= 4 is 50.6 Å². The van der Waals surface area contributed by atoms with Gasteiger partial charge in [0.2, 0.25) is 0 Å². The maximum Gasteiger partial charge on any atom is 0.141 e. The van der Waals surface area contributed by atoms with Gasteiger partial charge in [-0.15, -0.1) is 11.3 Å². The molecule has 0 radical (unpaired) electrons. The van der Waals surface area contributed by atoms with Crippen molar-refractivity contribution in [3.05, 3.63) is 70.3 Å². The molecule has 9 heteroatoms. The quantitative estimate of drug-likeness (QED) is 0.307. The zero-order chi connectivity index (χ0) is 24.2. The number of ether oxygens (including phenoxy) is 1. The number of rotatable bonds is 8. The van der Waals surface area contributed by atoms with Crippen LogP contribution < -0.4 is 15.0 Å². The summed E-state index contributed by atoms with van der Waals surface area (Å²) in [5.74, 6) is 1.43. The fourth-order valence-corrected chi connectivity index (χ4v) is 5.67. The van der Waals surface area contributed by atoms with Crippen LogP contribution in [-0.2, 0) is 0 Å². The largest absolute Gasteiger partial charge is 0.491 e. The minimum absolute atomic E-state index is 0.128. The molecule has 1 atom stereocenters. The number of hydrogen-bond acceptors (Lipinski definition) is 7. The van der Waals surface area contributed by atoms with Crippen LogP contribution in [0.3, 0.4) is 0 Å². The molecule has 2 N–H and O–H groups in total. The topological polar surface area (TPSA) is 70.5 Å². The molecule has 5 rings (SSSR count). The van der Waals surface area contributed by atoms with Crippen LogP contribution in [0.1, 0.15) is 12.8 Å². The fraction of sp³-hybridized carbons (Fsp3) is 0.308. The Labute approximate surface area is 218 Å². The monoisotopic (exact) mass is 528 g/mol. The highest BCUT2D eigenvalue weighted by Gasteiger charge is 2.28. The molecule has 35 heavy (non-hydrogen) atoms. The Bertz CT molecular complexity index is 1280. The lowest BCUT2D eigenvalue weighted by molar-refractivity contribution is 0.109. The Kier molecular flexibility index (Phi) is 7.70. The maximum absolute atomic E-state index is 11.0. The molecule has 0 aliphatic carbocycles. The minimum atomic E-state index is -0.733. The molecule has 0 bridgehead atoms. The lowest BCUT2D eigenvalue weighted by atomic mass is 10.0. The molecule has 1 unspecified atom stereocenters. The van der Waals surface area contributed by atoms with Gasteiger partial charge in [-0.25, -0.2) is 9.97 Å². The summed E-state index contributed by atoms with van der Waals surface area (Å²) in [5.41, 5.74) is 2.24. The highest BCUT2D eigenvalue weighted by molar-refractivity contribution is 7.17. The van der Waals surface area contributed by atoms with Gasteiger partial charge in [-0.1, -0.05) is 53.5 Å². The van der Waals surface area contributed by atoms with Gasteiger partial charge < -0.3 is 20.1 Å². The third kappa shape index (κ3) is 5.55. The summed E-state index contributed by atoms with van der Waals surface area (Å²) >= 11 is 13.7. The second kappa shape index (κ2) is 11.1. The van der Waals surface area contributed by atoms with Crippen molar-refractivity contribution < 1.29 is 9.84 Å². The zero-order valence-electron chi connectivity index (χ0n) is 19.0. The molecule has 0 amide bonds. The van der Waals surface area contributed by atoms with E-state index in [-0.39, 0.29) is 12.6 Å².